The molecule has 0 unspecified atom stereocenters. The summed E-state index contributed by atoms with van der Waals surface area (Å²) in [6.45, 7) is 0. The molecule has 0 fully saturated rings. The van der Waals surface area contributed by atoms with Crippen LogP contribution in [-0.2, 0) is 35.3 Å². The molecule has 0 atom stereocenters. The van der Waals surface area contributed by atoms with Crippen molar-refractivity contribution in [3.63, 3.8) is 0 Å². The van der Waals surface area contributed by atoms with Crippen molar-refractivity contribution in [3.8, 4) is 0 Å². The van der Waals surface area contributed by atoms with Gasteiger partial charge in [-0.3, -0.25) is 19.2 Å². The molecule has 34 heavy (non-hydrogen) atoms. The van der Waals surface area contributed by atoms with E-state index >= 15 is 0 Å². The maximum atomic E-state index is 12.6. The van der Waals surface area contributed by atoms with Gasteiger partial charge in [0.25, 0.3) is 11.8 Å². The molecule has 2 aliphatic rings. The number of anilines is 2. The molecule has 4 amide bonds. The third-order valence-electron chi connectivity index (χ3n) is 6.42. The highest BCUT2D eigenvalue weighted by Crippen LogP contribution is 2.38. The monoisotopic (exact) mass is 502 g/mol. The van der Waals surface area contributed by atoms with E-state index in [1.165, 1.54) is 22.7 Å². The molecule has 182 valence electrons. The molecule has 2 heterocycles. The fourth-order valence-electron chi connectivity index (χ4n) is 4.79. The maximum Gasteiger partial charge on any atom is 0.251 e. The van der Waals surface area contributed by atoms with E-state index in [9.17, 15) is 19.2 Å². The molecule has 6 N–H and O–H groups in total. The fraction of sp³-hybridized carbons (Fsp3) is 0.500. The van der Waals surface area contributed by atoms with Crippen molar-refractivity contribution in [2.24, 2.45) is 11.5 Å². The Morgan fingerprint density at radius 1 is 0.618 bits per heavy atom. The topological polar surface area (TPSA) is 144 Å². The summed E-state index contributed by atoms with van der Waals surface area (Å²) >= 11 is 2.82. The predicted molar refractivity (Wildman–Crippen MR) is 135 cm³/mol. The summed E-state index contributed by atoms with van der Waals surface area (Å²) in [5, 5.41) is 6.53. The minimum Gasteiger partial charge on any atom is -0.365 e. The predicted octanol–water partition coefficient (Wildman–Crippen LogP) is 3.90. The highest BCUT2D eigenvalue weighted by Gasteiger charge is 2.26. The lowest BCUT2D eigenvalue weighted by molar-refractivity contribution is -0.121. The molecule has 0 saturated heterocycles. The first-order valence-electron chi connectivity index (χ1n) is 11.8. The van der Waals surface area contributed by atoms with Crippen LogP contribution in [-0.4, -0.2) is 23.6 Å². The van der Waals surface area contributed by atoms with Gasteiger partial charge in [-0.1, -0.05) is 12.8 Å². The first-order valence-corrected chi connectivity index (χ1v) is 13.5. The van der Waals surface area contributed by atoms with E-state index < -0.39 is 11.8 Å². The number of hydrogen-bond acceptors (Lipinski definition) is 6. The van der Waals surface area contributed by atoms with E-state index in [1.807, 2.05) is 0 Å². The Kier molecular flexibility index (Phi) is 7.67. The molecule has 8 nitrogen and oxygen atoms in total. The van der Waals surface area contributed by atoms with Crippen molar-refractivity contribution < 1.29 is 19.2 Å². The highest BCUT2D eigenvalue weighted by molar-refractivity contribution is 7.17. The molecule has 0 spiro atoms. The molecule has 0 radical (unpaired) electrons. The molecule has 0 bridgehead atoms. The van der Waals surface area contributed by atoms with Gasteiger partial charge in [-0.05, 0) is 62.5 Å². The zero-order valence-electron chi connectivity index (χ0n) is 19.1. The van der Waals surface area contributed by atoms with Gasteiger partial charge in [0.15, 0.2) is 0 Å². The number of aryl methyl sites for hydroxylation is 2. The van der Waals surface area contributed by atoms with Crippen molar-refractivity contribution in [3.05, 3.63) is 32.0 Å². The van der Waals surface area contributed by atoms with Crippen LogP contribution < -0.4 is 22.1 Å². The van der Waals surface area contributed by atoms with Crippen molar-refractivity contribution in [2.45, 2.75) is 77.0 Å². The molecule has 0 aromatic carbocycles. The van der Waals surface area contributed by atoms with Crippen molar-refractivity contribution >= 4 is 56.3 Å². The Labute approximate surface area is 206 Å². The van der Waals surface area contributed by atoms with Gasteiger partial charge in [-0.25, -0.2) is 0 Å². The molecule has 0 saturated carbocycles. The molecule has 10 heteroatoms. The Balaban J connectivity index is 1.40. The molecule has 2 aromatic rings. The van der Waals surface area contributed by atoms with E-state index in [4.69, 9.17) is 11.5 Å². The van der Waals surface area contributed by atoms with Gasteiger partial charge in [-0.15, -0.1) is 22.7 Å². The number of thiophene rings is 2. The van der Waals surface area contributed by atoms with E-state index in [0.29, 0.717) is 21.1 Å². The second kappa shape index (κ2) is 10.7. The van der Waals surface area contributed by atoms with Crippen LogP contribution in [0.2, 0.25) is 0 Å². The number of carbonyl (C=O) groups is 4. The third-order valence-corrected chi connectivity index (χ3v) is 8.83. The lowest BCUT2D eigenvalue weighted by atomic mass is 10.1. The lowest BCUT2D eigenvalue weighted by Gasteiger charge is -2.08. The standard InChI is InChI=1S/C24H30N4O4S2/c25-21(31)19-13-7-3-1-5-9-15(13)33-23(19)27-17(29)11-12-18(30)28-24-20(22(26)32)14-8-4-2-6-10-16(14)34-24/h1-12H2,(H2,25,31)(H2,26,32)(H,27,29)(H,28,30). The third kappa shape index (κ3) is 5.33. The van der Waals surface area contributed by atoms with Gasteiger partial charge in [0.1, 0.15) is 10.0 Å². The van der Waals surface area contributed by atoms with Gasteiger partial charge in [0.05, 0.1) is 11.1 Å². The molecule has 0 aliphatic heterocycles. The zero-order valence-corrected chi connectivity index (χ0v) is 20.7. The minimum absolute atomic E-state index is 0.0520. The number of amides is 4. The maximum absolute atomic E-state index is 12.6. The van der Waals surface area contributed by atoms with Crippen LogP contribution >= 0.6 is 22.7 Å². The normalized spacial score (nSPS) is 15.4. The van der Waals surface area contributed by atoms with E-state index in [-0.39, 0.29) is 24.7 Å². The molecular formula is C24H30N4O4S2. The molecular weight excluding hydrogens is 472 g/mol. The number of fused-ring (bicyclic) bond motifs is 2. The van der Waals surface area contributed by atoms with Crippen LogP contribution in [0.1, 0.15) is 93.0 Å². The van der Waals surface area contributed by atoms with E-state index in [0.717, 1.165) is 85.1 Å². The van der Waals surface area contributed by atoms with Gasteiger partial charge in [-0.2, -0.15) is 0 Å². The minimum atomic E-state index is -0.538. The van der Waals surface area contributed by atoms with Crippen molar-refractivity contribution in [2.75, 3.05) is 10.6 Å². The van der Waals surface area contributed by atoms with Crippen LogP contribution in [0.15, 0.2) is 0 Å². The second-order valence-corrected chi connectivity index (χ2v) is 11.1. The summed E-state index contributed by atoms with van der Waals surface area (Å²) in [6.07, 6.45) is 9.56. The largest absolute Gasteiger partial charge is 0.365 e. The first kappa shape index (κ1) is 24.4. The quantitative estimate of drug-likeness (QED) is 0.426. The van der Waals surface area contributed by atoms with Crippen molar-refractivity contribution in [1.82, 2.24) is 0 Å². The number of nitrogens with two attached hydrogens (primary N) is 2. The summed E-state index contributed by atoms with van der Waals surface area (Å²) in [5.41, 5.74) is 14.0. The summed E-state index contributed by atoms with van der Waals surface area (Å²) in [5.74, 6) is -1.79. The number of hydrogen-bond donors (Lipinski definition) is 4. The van der Waals surface area contributed by atoms with Crippen LogP contribution in [0, 0.1) is 0 Å². The van der Waals surface area contributed by atoms with Gasteiger partial charge >= 0.3 is 0 Å². The SMILES string of the molecule is NC(=O)c1c(NC(=O)CCC(=O)Nc2sc3c(c2C(N)=O)CCCCC3)sc2c1CCCCC2. The van der Waals surface area contributed by atoms with E-state index in [2.05, 4.69) is 10.6 Å². The molecule has 2 aliphatic carbocycles. The summed E-state index contributed by atoms with van der Waals surface area (Å²) < 4.78 is 0. The van der Waals surface area contributed by atoms with Crippen LogP contribution in [0.4, 0.5) is 10.0 Å². The average molecular weight is 503 g/mol. The second-order valence-electron chi connectivity index (χ2n) is 8.86. The highest BCUT2D eigenvalue weighted by atomic mass is 32.1. The zero-order chi connectivity index (χ0) is 24.2. The lowest BCUT2D eigenvalue weighted by Crippen LogP contribution is -2.21. The van der Waals surface area contributed by atoms with Crippen LogP contribution in [0.5, 0.6) is 0 Å². The summed E-state index contributed by atoms with van der Waals surface area (Å²) in [4.78, 5) is 51.6. The Morgan fingerprint density at radius 2 is 1.00 bits per heavy atom. The van der Waals surface area contributed by atoms with Gasteiger partial charge in [0.2, 0.25) is 11.8 Å². The Morgan fingerprint density at radius 3 is 1.38 bits per heavy atom. The Hall–Kier alpha value is -2.72. The van der Waals surface area contributed by atoms with Crippen LogP contribution in [0.3, 0.4) is 0 Å². The first-order chi connectivity index (χ1) is 16.3. The molecule has 2 aromatic heterocycles. The number of carbonyl (C=O) groups excluding carboxylic acids is 4. The number of rotatable bonds is 7. The molecule has 4 rings (SSSR count). The smallest absolute Gasteiger partial charge is 0.251 e. The summed E-state index contributed by atoms with van der Waals surface area (Å²) in [6, 6.07) is 0. The Bertz CT molecular complexity index is 1050. The number of primary amides is 2. The fourth-order valence-corrected chi connectivity index (χ4v) is 7.41. The van der Waals surface area contributed by atoms with Gasteiger partial charge < -0.3 is 22.1 Å². The van der Waals surface area contributed by atoms with E-state index in [1.54, 1.807) is 0 Å². The average Bonchev–Trinajstić information content (AvgIpc) is 3.07. The van der Waals surface area contributed by atoms with Crippen LogP contribution in [0.25, 0.3) is 0 Å². The summed E-state index contributed by atoms with van der Waals surface area (Å²) in [7, 11) is 0. The number of nitrogens with one attached hydrogen (secondary N) is 2. The van der Waals surface area contributed by atoms with Gasteiger partial charge in [0, 0.05) is 22.6 Å². The van der Waals surface area contributed by atoms with Crippen molar-refractivity contribution in [1.29, 1.82) is 0 Å².